The average Bonchev–Trinajstić information content (AvgIpc) is 2.66. The number of hydrogen-bond acceptors (Lipinski definition) is 6. The molecule has 0 aliphatic rings. The quantitative estimate of drug-likeness (QED) is 0.341. The number of nitrogens with zero attached hydrogens (tertiary/aromatic N) is 2. The van der Waals surface area contributed by atoms with Crippen molar-refractivity contribution in [2.24, 2.45) is 0 Å². The van der Waals surface area contributed by atoms with E-state index in [2.05, 4.69) is 9.97 Å². The van der Waals surface area contributed by atoms with Gasteiger partial charge in [-0.3, -0.25) is 0 Å². The Morgan fingerprint density at radius 2 is 1.83 bits per heavy atom. The highest BCUT2D eigenvalue weighted by Crippen LogP contribution is 2.23. The summed E-state index contributed by atoms with van der Waals surface area (Å²) in [4.78, 5) is 20.1. The van der Waals surface area contributed by atoms with Crippen molar-refractivity contribution >= 4 is 27.4 Å². The number of rotatable bonds is 5. The number of esters is 1. The van der Waals surface area contributed by atoms with Crippen molar-refractivity contribution in [3.8, 4) is 5.75 Å². The minimum Gasteiger partial charge on any atom is -0.421 e. The molecule has 0 amide bonds. The zero-order valence-electron chi connectivity index (χ0n) is 15.5. The van der Waals surface area contributed by atoms with Crippen molar-refractivity contribution in [3.63, 3.8) is 0 Å². The van der Waals surface area contributed by atoms with Crippen LogP contribution >= 0.6 is 11.6 Å². The van der Waals surface area contributed by atoms with Crippen LogP contribution in [0.4, 0.5) is 4.39 Å². The van der Waals surface area contributed by atoms with Gasteiger partial charge in [0.05, 0.1) is 17.0 Å². The molecule has 29 heavy (non-hydrogen) atoms. The molecule has 6 nitrogen and oxygen atoms in total. The zero-order valence-corrected chi connectivity index (χ0v) is 17.1. The van der Waals surface area contributed by atoms with E-state index in [1.807, 2.05) is 13.0 Å². The first-order valence-corrected chi connectivity index (χ1v) is 10.5. The molecule has 0 saturated heterocycles. The Bertz CT molecular complexity index is 1180. The molecule has 9 heteroatoms. The summed E-state index contributed by atoms with van der Waals surface area (Å²) in [5, 5.41) is -0.709. The molecule has 150 valence electrons. The van der Waals surface area contributed by atoms with Crippen LogP contribution in [-0.4, -0.2) is 24.4 Å². The Morgan fingerprint density at radius 3 is 2.48 bits per heavy atom. The first-order chi connectivity index (χ1) is 13.7. The van der Waals surface area contributed by atoms with E-state index in [-0.39, 0.29) is 10.7 Å². The standard InChI is InChI=1S/C20H16ClFN2O4S/c1-12-3-8-17(13(2)9-12)28-19(25)18-16(21)10-23-20(24-18)29(26,27)11-14-4-6-15(22)7-5-14/h3-10H,11H2,1-2H3. The molecule has 0 radical (unpaired) electrons. The third-order valence-corrected chi connectivity index (χ3v) is 5.74. The zero-order chi connectivity index (χ0) is 21.2. The summed E-state index contributed by atoms with van der Waals surface area (Å²) in [6.45, 7) is 3.67. The summed E-state index contributed by atoms with van der Waals surface area (Å²) in [6, 6.07) is 10.2. The lowest BCUT2D eigenvalue weighted by Gasteiger charge is -2.09. The lowest BCUT2D eigenvalue weighted by Crippen LogP contribution is -2.17. The van der Waals surface area contributed by atoms with Crippen molar-refractivity contribution in [2.45, 2.75) is 24.8 Å². The minimum atomic E-state index is -4.00. The van der Waals surface area contributed by atoms with Crippen molar-refractivity contribution in [1.29, 1.82) is 0 Å². The van der Waals surface area contributed by atoms with Gasteiger partial charge >= 0.3 is 5.97 Å². The molecule has 3 aromatic rings. The van der Waals surface area contributed by atoms with Crippen LogP contribution < -0.4 is 4.74 Å². The number of aryl methyl sites for hydroxylation is 2. The number of carbonyl (C=O) groups excluding carboxylic acids is 1. The number of sulfone groups is 1. The SMILES string of the molecule is Cc1ccc(OC(=O)c2nc(S(=O)(=O)Cc3ccc(F)cc3)ncc2Cl)c(C)c1. The molecule has 0 atom stereocenters. The van der Waals surface area contributed by atoms with Crippen LogP contribution in [0.15, 0.2) is 53.8 Å². The van der Waals surface area contributed by atoms with Gasteiger partial charge < -0.3 is 4.74 Å². The van der Waals surface area contributed by atoms with Crippen molar-refractivity contribution in [2.75, 3.05) is 0 Å². The van der Waals surface area contributed by atoms with Crippen LogP contribution in [0.3, 0.4) is 0 Å². The molecule has 0 fully saturated rings. The Morgan fingerprint density at radius 1 is 1.14 bits per heavy atom. The fraction of sp³-hybridized carbons (Fsp3) is 0.150. The van der Waals surface area contributed by atoms with Gasteiger partial charge in [-0.1, -0.05) is 41.4 Å². The second kappa shape index (κ2) is 8.26. The maximum Gasteiger partial charge on any atom is 0.364 e. The van der Waals surface area contributed by atoms with Crippen LogP contribution in [0, 0.1) is 19.7 Å². The normalized spacial score (nSPS) is 11.3. The fourth-order valence-electron chi connectivity index (χ4n) is 2.57. The largest absolute Gasteiger partial charge is 0.421 e. The molecule has 0 aliphatic carbocycles. The van der Waals surface area contributed by atoms with E-state index in [1.165, 1.54) is 12.1 Å². The van der Waals surface area contributed by atoms with Gasteiger partial charge in [0.2, 0.25) is 15.0 Å². The summed E-state index contributed by atoms with van der Waals surface area (Å²) in [7, 11) is -4.00. The van der Waals surface area contributed by atoms with Crippen LogP contribution in [0.5, 0.6) is 5.75 Å². The summed E-state index contributed by atoms with van der Waals surface area (Å²) in [6.07, 6.45) is 1.03. The Kier molecular flexibility index (Phi) is 5.95. The maximum absolute atomic E-state index is 13.0. The summed E-state index contributed by atoms with van der Waals surface area (Å²) >= 11 is 5.99. The molecule has 3 rings (SSSR count). The van der Waals surface area contributed by atoms with Gasteiger partial charge in [-0.05, 0) is 43.2 Å². The monoisotopic (exact) mass is 434 g/mol. The van der Waals surface area contributed by atoms with E-state index in [1.54, 1.807) is 19.1 Å². The predicted molar refractivity (Wildman–Crippen MR) is 105 cm³/mol. The number of benzene rings is 2. The third kappa shape index (κ3) is 4.96. The van der Waals surface area contributed by atoms with E-state index < -0.39 is 32.5 Å². The predicted octanol–water partition coefficient (Wildman–Crippen LogP) is 4.08. The summed E-state index contributed by atoms with van der Waals surface area (Å²) in [5.74, 6) is -1.53. The molecular weight excluding hydrogens is 419 g/mol. The molecule has 0 bridgehead atoms. The number of ether oxygens (including phenoxy) is 1. The second-order valence-electron chi connectivity index (χ2n) is 6.39. The Labute approximate surface area is 172 Å². The molecule has 1 heterocycles. The maximum atomic E-state index is 13.0. The highest BCUT2D eigenvalue weighted by Gasteiger charge is 2.24. The van der Waals surface area contributed by atoms with Gasteiger partial charge in [-0.2, -0.15) is 0 Å². The first-order valence-electron chi connectivity index (χ1n) is 8.45. The van der Waals surface area contributed by atoms with Crippen molar-refractivity contribution < 1.29 is 22.3 Å². The van der Waals surface area contributed by atoms with Gasteiger partial charge in [0.25, 0.3) is 0 Å². The van der Waals surface area contributed by atoms with Gasteiger partial charge in [0, 0.05) is 0 Å². The number of aromatic nitrogens is 2. The minimum absolute atomic E-state index is 0.138. The highest BCUT2D eigenvalue weighted by atomic mass is 35.5. The van der Waals surface area contributed by atoms with E-state index in [0.717, 1.165) is 29.5 Å². The molecule has 0 aliphatic heterocycles. The van der Waals surface area contributed by atoms with E-state index >= 15 is 0 Å². The van der Waals surface area contributed by atoms with Gasteiger partial charge in [-0.15, -0.1) is 0 Å². The fourth-order valence-corrected chi connectivity index (χ4v) is 3.94. The smallest absolute Gasteiger partial charge is 0.364 e. The topological polar surface area (TPSA) is 86.2 Å². The number of carbonyl (C=O) groups is 1. The van der Waals surface area contributed by atoms with Gasteiger partial charge in [0.1, 0.15) is 11.6 Å². The number of halogens is 2. The second-order valence-corrected chi connectivity index (χ2v) is 8.68. The molecule has 0 N–H and O–H groups in total. The molecule has 0 saturated carbocycles. The molecule has 0 unspecified atom stereocenters. The molecule has 1 aromatic heterocycles. The molecule has 2 aromatic carbocycles. The van der Waals surface area contributed by atoms with Crippen LogP contribution in [0.25, 0.3) is 0 Å². The third-order valence-electron chi connectivity index (χ3n) is 4.00. The summed E-state index contributed by atoms with van der Waals surface area (Å²) < 4.78 is 43.6. The Balaban J connectivity index is 1.88. The van der Waals surface area contributed by atoms with Gasteiger partial charge in [0.15, 0.2) is 5.69 Å². The summed E-state index contributed by atoms with van der Waals surface area (Å²) in [5.41, 5.74) is 1.72. The highest BCUT2D eigenvalue weighted by molar-refractivity contribution is 7.90. The number of hydrogen-bond donors (Lipinski definition) is 0. The average molecular weight is 435 g/mol. The van der Waals surface area contributed by atoms with Crippen LogP contribution in [0.2, 0.25) is 5.02 Å². The molecule has 0 spiro atoms. The van der Waals surface area contributed by atoms with Crippen molar-refractivity contribution in [1.82, 2.24) is 9.97 Å². The van der Waals surface area contributed by atoms with E-state index in [4.69, 9.17) is 16.3 Å². The van der Waals surface area contributed by atoms with Crippen LogP contribution in [-0.2, 0) is 15.6 Å². The van der Waals surface area contributed by atoms with E-state index in [9.17, 15) is 17.6 Å². The first kappa shape index (κ1) is 20.9. The Hall–Kier alpha value is -2.84. The van der Waals surface area contributed by atoms with Crippen molar-refractivity contribution in [3.05, 3.63) is 81.9 Å². The lowest BCUT2D eigenvalue weighted by molar-refractivity contribution is 0.0726. The lowest BCUT2D eigenvalue weighted by atomic mass is 10.1. The van der Waals surface area contributed by atoms with Gasteiger partial charge in [-0.25, -0.2) is 27.6 Å². The van der Waals surface area contributed by atoms with Crippen LogP contribution in [0.1, 0.15) is 27.2 Å². The van der Waals surface area contributed by atoms with E-state index in [0.29, 0.717) is 11.3 Å². The molecular formula is C20H16ClFN2O4S.